The van der Waals surface area contributed by atoms with E-state index in [4.69, 9.17) is 0 Å². The predicted octanol–water partition coefficient (Wildman–Crippen LogP) is 3.49. The van der Waals surface area contributed by atoms with E-state index in [1.54, 1.807) is 0 Å². The van der Waals surface area contributed by atoms with Crippen molar-refractivity contribution in [3.8, 4) is 0 Å². The third-order valence-electron chi connectivity index (χ3n) is 2.33. The topological polar surface area (TPSA) is 0 Å². The van der Waals surface area contributed by atoms with Gasteiger partial charge in [-0.05, 0) is 17.8 Å². The van der Waals surface area contributed by atoms with Crippen molar-refractivity contribution in [3.05, 3.63) is 12.2 Å². The molecular weight excluding hydrogens is 120 g/mol. The first-order valence-corrected chi connectivity index (χ1v) is 4.15. The lowest BCUT2D eigenvalue weighted by molar-refractivity contribution is 0.445. The number of rotatable bonds is 3. The minimum atomic E-state index is 0.636. The second kappa shape index (κ2) is 3.80. The molecule has 0 saturated carbocycles. The molecule has 0 bridgehead atoms. The molecule has 1 atom stereocenters. The van der Waals surface area contributed by atoms with Gasteiger partial charge in [-0.15, -0.1) is 0 Å². The number of hydrogen-bond donors (Lipinski definition) is 0. The summed E-state index contributed by atoms with van der Waals surface area (Å²) in [5, 5.41) is 0. The molecular formula is C10H20. The Bertz CT molecular complexity index is 109. The molecule has 0 radical (unpaired) electrons. The van der Waals surface area contributed by atoms with Gasteiger partial charge < -0.3 is 0 Å². The van der Waals surface area contributed by atoms with Gasteiger partial charge in [-0.25, -0.2) is 0 Å². The zero-order valence-corrected chi connectivity index (χ0v) is 7.94. The normalized spacial score (nSPS) is 14.3. The average molecular weight is 140 g/mol. The summed E-state index contributed by atoms with van der Waals surface area (Å²) < 4.78 is 0. The van der Waals surface area contributed by atoms with Crippen molar-refractivity contribution < 1.29 is 0 Å². The molecule has 0 N–H and O–H groups in total. The lowest BCUT2D eigenvalue weighted by Gasteiger charge is -2.21. The van der Waals surface area contributed by atoms with Gasteiger partial charge in [0.25, 0.3) is 0 Å². The van der Waals surface area contributed by atoms with E-state index in [9.17, 15) is 0 Å². The Morgan fingerprint density at radius 3 is 1.50 bits per heavy atom. The van der Waals surface area contributed by atoms with Crippen LogP contribution in [-0.4, -0.2) is 0 Å². The molecule has 0 aromatic rings. The van der Waals surface area contributed by atoms with Gasteiger partial charge in [0.2, 0.25) is 0 Å². The summed E-state index contributed by atoms with van der Waals surface area (Å²) >= 11 is 0. The Labute approximate surface area is 65.3 Å². The van der Waals surface area contributed by atoms with Crippen molar-refractivity contribution in [2.45, 2.75) is 34.6 Å². The van der Waals surface area contributed by atoms with Crippen LogP contribution in [0.2, 0.25) is 0 Å². The first-order valence-electron chi connectivity index (χ1n) is 4.15. The highest BCUT2D eigenvalue weighted by Crippen LogP contribution is 2.23. The van der Waals surface area contributed by atoms with Gasteiger partial charge in [0, 0.05) is 0 Å². The van der Waals surface area contributed by atoms with E-state index < -0.39 is 0 Å². The van der Waals surface area contributed by atoms with Gasteiger partial charge >= 0.3 is 0 Å². The van der Waals surface area contributed by atoms with Crippen molar-refractivity contribution in [2.75, 3.05) is 0 Å². The molecule has 0 fully saturated rings. The predicted molar refractivity (Wildman–Crippen MR) is 48.0 cm³/mol. The molecule has 0 unspecified atom stereocenters. The lowest BCUT2D eigenvalue weighted by atomic mass is 9.85. The summed E-state index contributed by atoms with van der Waals surface area (Å²) in [6.07, 6.45) is 0. The van der Waals surface area contributed by atoms with Crippen LogP contribution < -0.4 is 0 Å². The fourth-order valence-electron chi connectivity index (χ4n) is 0.954. The third kappa shape index (κ3) is 2.55. The second-order valence-electron chi connectivity index (χ2n) is 3.76. The Balaban J connectivity index is 3.95. The SMILES string of the molecule is C=C(C(C)C)[C@@H](C)C(C)C. The highest BCUT2D eigenvalue weighted by molar-refractivity contribution is 5.02. The van der Waals surface area contributed by atoms with E-state index >= 15 is 0 Å². The molecule has 0 spiro atoms. The molecule has 0 heterocycles. The maximum absolute atomic E-state index is 4.08. The zero-order valence-electron chi connectivity index (χ0n) is 7.94. The van der Waals surface area contributed by atoms with E-state index in [0.29, 0.717) is 11.8 Å². The first-order chi connectivity index (χ1) is 4.46. The first kappa shape index (κ1) is 9.74. The minimum Gasteiger partial charge on any atom is -0.0993 e. The summed E-state index contributed by atoms with van der Waals surface area (Å²) in [6, 6.07) is 0. The van der Waals surface area contributed by atoms with Crippen LogP contribution >= 0.6 is 0 Å². The van der Waals surface area contributed by atoms with Crippen LogP contribution in [0.4, 0.5) is 0 Å². The van der Waals surface area contributed by atoms with Crippen LogP contribution in [0.3, 0.4) is 0 Å². The standard InChI is InChI=1S/C10H20/c1-7(2)9(5)10(6)8(3)4/h7-8,10H,5H2,1-4,6H3/t10-/m0/s1. The van der Waals surface area contributed by atoms with Gasteiger partial charge in [-0.3, -0.25) is 0 Å². The van der Waals surface area contributed by atoms with E-state index in [0.717, 1.165) is 5.92 Å². The monoisotopic (exact) mass is 140 g/mol. The van der Waals surface area contributed by atoms with Gasteiger partial charge in [0.05, 0.1) is 0 Å². The van der Waals surface area contributed by atoms with Crippen LogP contribution in [0, 0.1) is 17.8 Å². The highest BCUT2D eigenvalue weighted by Gasteiger charge is 2.12. The largest absolute Gasteiger partial charge is 0.0993 e. The van der Waals surface area contributed by atoms with E-state index in [2.05, 4.69) is 41.2 Å². The molecule has 0 amide bonds. The summed E-state index contributed by atoms with van der Waals surface area (Å²) in [6.45, 7) is 15.2. The molecule has 0 aliphatic carbocycles. The zero-order chi connectivity index (χ0) is 8.31. The lowest BCUT2D eigenvalue weighted by Crippen LogP contribution is -2.10. The molecule has 0 heteroatoms. The summed E-state index contributed by atoms with van der Waals surface area (Å²) in [4.78, 5) is 0. The van der Waals surface area contributed by atoms with Crippen molar-refractivity contribution in [2.24, 2.45) is 17.8 Å². The maximum atomic E-state index is 4.08. The number of hydrogen-bond acceptors (Lipinski definition) is 0. The molecule has 0 aliphatic heterocycles. The second-order valence-corrected chi connectivity index (χ2v) is 3.76. The van der Waals surface area contributed by atoms with E-state index in [1.165, 1.54) is 5.57 Å². The van der Waals surface area contributed by atoms with Crippen molar-refractivity contribution in [3.63, 3.8) is 0 Å². The Kier molecular flexibility index (Phi) is 3.70. The molecule has 0 aromatic heterocycles. The smallest absolute Gasteiger partial charge is 0.0209 e. The Morgan fingerprint density at radius 1 is 1.00 bits per heavy atom. The van der Waals surface area contributed by atoms with Gasteiger partial charge in [0.15, 0.2) is 0 Å². The molecule has 0 aromatic carbocycles. The fourth-order valence-corrected chi connectivity index (χ4v) is 0.954. The van der Waals surface area contributed by atoms with Crippen molar-refractivity contribution in [1.82, 2.24) is 0 Å². The highest BCUT2D eigenvalue weighted by atomic mass is 14.2. The molecule has 0 aliphatic rings. The van der Waals surface area contributed by atoms with Crippen LogP contribution in [-0.2, 0) is 0 Å². The summed E-state index contributed by atoms with van der Waals surface area (Å²) in [5.41, 5.74) is 1.38. The van der Waals surface area contributed by atoms with E-state index in [-0.39, 0.29) is 0 Å². The summed E-state index contributed by atoms with van der Waals surface area (Å²) in [5.74, 6) is 2.03. The van der Waals surface area contributed by atoms with Gasteiger partial charge in [0.1, 0.15) is 0 Å². The summed E-state index contributed by atoms with van der Waals surface area (Å²) in [7, 11) is 0. The Hall–Kier alpha value is -0.260. The van der Waals surface area contributed by atoms with Crippen LogP contribution in [0.5, 0.6) is 0 Å². The van der Waals surface area contributed by atoms with E-state index in [1.807, 2.05) is 0 Å². The molecule has 0 saturated heterocycles. The van der Waals surface area contributed by atoms with Gasteiger partial charge in [-0.1, -0.05) is 46.8 Å². The van der Waals surface area contributed by atoms with Crippen LogP contribution in [0.25, 0.3) is 0 Å². The fraction of sp³-hybridized carbons (Fsp3) is 0.800. The molecule has 60 valence electrons. The third-order valence-corrected chi connectivity index (χ3v) is 2.33. The van der Waals surface area contributed by atoms with Crippen molar-refractivity contribution >= 4 is 0 Å². The van der Waals surface area contributed by atoms with Crippen molar-refractivity contribution in [1.29, 1.82) is 0 Å². The maximum Gasteiger partial charge on any atom is -0.0209 e. The van der Waals surface area contributed by atoms with Gasteiger partial charge in [-0.2, -0.15) is 0 Å². The molecule has 0 nitrogen and oxygen atoms in total. The van der Waals surface area contributed by atoms with Crippen LogP contribution in [0.15, 0.2) is 12.2 Å². The number of allylic oxidation sites excluding steroid dienone is 1. The molecule has 10 heavy (non-hydrogen) atoms. The minimum absolute atomic E-state index is 0.636. The molecule has 0 rings (SSSR count). The average Bonchev–Trinajstić information content (AvgIpc) is 1.84. The Morgan fingerprint density at radius 2 is 1.40 bits per heavy atom. The quantitative estimate of drug-likeness (QED) is 0.526. The van der Waals surface area contributed by atoms with Crippen LogP contribution in [0.1, 0.15) is 34.6 Å².